The van der Waals surface area contributed by atoms with Crippen molar-refractivity contribution in [2.24, 2.45) is 0 Å². The van der Waals surface area contributed by atoms with E-state index in [1.54, 1.807) is 12.1 Å². The number of aromatic nitrogens is 3. The maximum absolute atomic E-state index is 10.9. The van der Waals surface area contributed by atoms with Crippen molar-refractivity contribution < 1.29 is 4.92 Å². The highest BCUT2D eigenvalue weighted by Crippen LogP contribution is 2.42. The van der Waals surface area contributed by atoms with Gasteiger partial charge in [0.2, 0.25) is 5.65 Å². The summed E-state index contributed by atoms with van der Waals surface area (Å²) in [4.78, 5) is 14.4. The molecule has 1 fully saturated rings. The van der Waals surface area contributed by atoms with Crippen LogP contribution in [0.25, 0.3) is 5.65 Å². The largest absolute Gasteiger partial charge is 0.368 e. The Bertz CT molecular complexity index is 647. The normalized spacial score (nSPS) is 16.9. The molecule has 0 amide bonds. The second-order valence-electron chi connectivity index (χ2n) is 4.96. The first-order valence-electron chi connectivity index (χ1n) is 6.42. The summed E-state index contributed by atoms with van der Waals surface area (Å²) in [6.45, 7) is 0.829. The highest BCUT2D eigenvalue weighted by Gasteiger charge is 2.36. The van der Waals surface area contributed by atoms with Gasteiger partial charge in [-0.3, -0.25) is 0 Å². The molecule has 2 heterocycles. The minimum atomic E-state index is -0.480. The Balaban J connectivity index is 1.81. The van der Waals surface area contributed by atoms with Crippen molar-refractivity contribution in [2.75, 3.05) is 18.1 Å². The Hall–Kier alpha value is -1.83. The highest BCUT2D eigenvalue weighted by molar-refractivity contribution is 8.00. The van der Waals surface area contributed by atoms with E-state index < -0.39 is 4.92 Å². The molecule has 8 heteroatoms. The predicted octanol–water partition coefficient (Wildman–Crippen LogP) is 2.34. The summed E-state index contributed by atoms with van der Waals surface area (Å²) in [7, 11) is 0. The number of fused-ring (bicyclic) bond motifs is 1. The van der Waals surface area contributed by atoms with Crippen LogP contribution in [-0.4, -0.2) is 37.1 Å². The minimum Gasteiger partial charge on any atom is -0.366 e. The zero-order valence-corrected chi connectivity index (χ0v) is 11.9. The summed E-state index contributed by atoms with van der Waals surface area (Å²) in [5.74, 6) is 0.519. The Morgan fingerprint density at radius 1 is 1.55 bits per heavy atom. The van der Waals surface area contributed by atoms with Gasteiger partial charge in [0, 0.05) is 17.4 Å². The van der Waals surface area contributed by atoms with Crippen molar-refractivity contribution in [3.05, 3.63) is 28.4 Å². The lowest BCUT2D eigenvalue weighted by Gasteiger charge is -2.40. The van der Waals surface area contributed by atoms with Gasteiger partial charge in [0.05, 0.1) is 0 Å². The van der Waals surface area contributed by atoms with E-state index in [0.717, 1.165) is 6.54 Å². The number of hydrogen-bond acceptors (Lipinski definition) is 6. The molecule has 1 aliphatic rings. The average molecular weight is 293 g/mol. The molecule has 20 heavy (non-hydrogen) atoms. The molecule has 2 aromatic heterocycles. The first-order chi connectivity index (χ1) is 9.63. The lowest BCUT2D eigenvalue weighted by molar-refractivity contribution is -0.391. The Kier molecular flexibility index (Phi) is 3.25. The molecule has 2 aromatic rings. The van der Waals surface area contributed by atoms with Crippen LogP contribution in [0.2, 0.25) is 0 Å². The third kappa shape index (κ3) is 2.20. The summed E-state index contributed by atoms with van der Waals surface area (Å²) in [6, 6.07) is 3.54. The van der Waals surface area contributed by atoms with E-state index in [1.165, 1.54) is 30.0 Å². The third-order valence-corrected chi connectivity index (χ3v) is 5.24. The van der Waals surface area contributed by atoms with Gasteiger partial charge in [-0.2, -0.15) is 11.8 Å². The summed E-state index contributed by atoms with van der Waals surface area (Å²) in [5, 5.41) is 18.4. The lowest BCUT2D eigenvalue weighted by atomic mass is 9.84. The van der Waals surface area contributed by atoms with Crippen LogP contribution in [0.5, 0.6) is 0 Å². The van der Waals surface area contributed by atoms with Crippen LogP contribution in [-0.2, 0) is 0 Å². The molecular formula is C12H15N5O2S. The molecule has 1 aliphatic carbocycles. The molecule has 0 atom stereocenters. The van der Waals surface area contributed by atoms with Crippen molar-refractivity contribution in [1.82, 2.24) is 14.6 Å². The smallest absolute Gasteiger partial charge is 0.366 e. The predicted molar refractivity (Wildman–Crippen MR) is 78.2 cm³/mol. The summed E-state index contributed by atoms with van der Waals surface area (Å²) >= 11 is 1.87. The maximum atomic E-state index is 10.9. The molecule has 0 unspecified atom stereocenters. The third-order valence-electron chi connectivity index (χ3n) is 3.82. The van der Waals surface area contributed by atoms with Crippen LogP contribution in [0, 0.1) is 10.1 Å². The van der Waals surface area contributed by atoms with Crippen molar-refractivity contribution in [3.8, 4) is 0 Å². The van der Waals surface area contributed by atoms with Gasteiger partial charge in [-0.05, 0) is 30.1 Å². The second kappa shape index (κ2) is 4.93. The van der Waals surface area contributed by atoms with Crippen molar-refractivity contribution >= 4 is 29.0 Å². The molecule has 0 spiro atoms. The van der Waals surface area contributed by atoms with E-state index in [-0.39, 0.29) is 10.6 Å². The van der Waals surface area contributed by atoms with Crippen LogP contribution in [0.3, 0.4) is 0 Å². The monoisotopic (exact) mass is 293 g/mol. The van der Waals surface area contributed by atoms with Gasteiger partial charge in [-0.1, -0.05) is 16.0 Å². The zero-order chi connectivity index (χ0) is 14.2. The topological polar surface area (TPSA) is 85.4 Å². The molecule has 1 N–H and O–H groups in total. The summed E-state index contributed by atoms with van der Waals surface area (Å²) in [5.41, 5.74) is 0.477. The number of thioether (sulfide) groups is 1. The van der Waals surface area contributed by atoms with Crippen LogP contribution in [0.15, 0.2) is 18.3 Å². The van der Waals surface area contributed by atoms with E-state index in [0.29, 0.717) is 11.5 Å². The molecule has 3 rings (SSSR count). The number of hydrogen-bond donors (Lipinski definition) is 1. The van der Waals surface area contributed by atoms with Crippen molar-refractivity contribution in [1.29, 1.82) is 0 Å². The SMILES string of the molecule is CSC1(CNc2ccc3ncc([N+](=O)[O-])n3n2)CCC1. The lowest BCUT2D eigenvalue weighted by Crippen LogP contribution is -2.40. The number of nitrogens with zero attached hydrogens (tertiary/aromatic N) is 4. The maximum Gasteiger partial charge on any atom is 0.368 e. The van der Waals surface area contributed by atoms with E-state index in [1.807, 2.05) is 11.8 Å². The summed E-state index contributed by atoms with van der Waals surface area (Å²) < 4.78 is 1.55. The van der Waals surface area contributed by atoms with Crippen molar-refractivity contribution in [3.63, 3.8) is 0 Å². The number of anilines is 1. The van der Waals surface area contributed by atoms with Gasteiger partial charge < -0.3 is 15.4 Å². The fraction of sp³-hybridized carbons (Fsp3) is 0.500. The summed E-state index contributed by atoms with van der Waals surface area (Å²) in [6.07, 6.45) is 7.02. The fourth-order valence-corrected chi connectivity index (χ4v) is 3.27. The minimum absolute atomic E-state index is 0.119. The van der Waals surface area contributed by atoms with Crippen LogP contribution in [0.1, 0.15) is 19.3 Å². The Morgan fingerprint density at radius 2 is 2.35 bits per heavy atom. The molecule has 1 saturated carbocycles. The van der Waals surface area contributed by atoms with Gasteiger partial charge in [0.25, 0.3) is 0 Å². The number of rotatable bonds is 5. The molecule has 0 aliphatic heterocycles. The van der Waals surface area contributed by atoms with E-state index in [4.69, 9.17) is 0 Å². The van der Waals surface area contributed by atoms with Crippen LogP contribution >= 0.6 is 11.8 Å². The molecule has 0 aromatic carbocycles. The van der Waals surface area contributed by atoms with Gasteiger partial charge in [0.1, 0.15) is 6.20 Å². The standard InChI is InChI=1S/C12H15N5O2S/c1-20-12(5-2-6-12)8-14-9-3-4-10-13-7-11(17(18)19)16(10)15-9/h3-4,7H,2,5-6,8H2,1H3,(H,14,15). The molecule has 7 nitrogen and oxygen atoms in total. The van der Waals surface area contributed by atoms with Gasteiger partial charge in [-0.15, -0.1) is 0 Å². The second-order valence-corrected chi connectivity index (χ2v) is 6.23. The number of nitrogens with one attached hydrogen (secondary N) is 1. The molecule has 0 saturated heterocycles. The first kappa shape index (κ1) is 13.2. The molecule has 0 bridgehead atoms. The highest BCUT2D eigenvalue weighted by atomic mass is 32.2. The quantitative estimate of drug-likeness (QED) is 0.672. The van der Waals surface area contributed by atoms with Crippen LogP contribution < -0.4 is 5.32 Å². The molecular weight excluding hydrogens is 278 g/mol. The van der Waals surface area contributed by atoms with Gasteiger partial charge in [0.15, 0.2) is 5.82 Å². The van der Waals surface area contributed by atoms with Crippen LogP contribution in [0.4, 0.5) is 11.6 Å². The fourth-order valence-electron chi connectivity index (χ4n) is 2.36. The van der Waals surface area contributed by atoms with E-state index in [2.05, 4.69) is 21.7 Å². The van der Waals surface area contributed by atoms with Gasteiger partial charge >= 0.3 is 5.82 Å². The van der Waals surface area contributed by atoms with E-state index >= 15 is 0 Å². The number of imidazole rings is 1. The van der Waals surface area contributed by atoms with E-state index in [9.17, 15) is 10.1 Å². The Labute approximate surface area is 119 Å². The average Bonchev–Trinajstić information content (AvgIpc) is 2.81. The Morgan fingerprint density at radius 3 is 2.95 bits per heavy atom. The molecule has 0 radical (unpaired) electrons. The molecule has 106 valence electrons. The van der Waals surface area contributed by atoms with Crippen molar-refractivity contribution in [2.45, 2.75) is 24.0 Å². The number of nitro groups is 1. The zero-order valence-electron chi connectivity index (χ0n) is 11.1. The van der Waals surface area contributed by atoms with Gasteiger partial charge in [-0.25, -0.2) is 4.98 Å². The first-order valence-corrected chi connectivity index (χ1v) is 7.64.